The third kappa shape index (κ3) is 4.17. The number of aliphatic hydroxyl groups is 1. The van der Waals surface area contributed by atoms with E-state index >= 15 is 0 Å². The predicted octanol–water partition coefficient (Wildman–Crippen LogP) is 4.96. The summed E-state index contributed by atoms with van der Waals surface area (Å²) in [6.45, 7) is 1.99. The second-order valence-electron chi connectivity index (χ2n) is 8.23. The van der Waals surface area contributed by atoms with Gasteiger partial charge in [0.1, 0.15) is 5.76 Å². The van der Waals surface area contributed by atoms with Gasteiger partial charge in [-0.25, -0.2) is 4.68 Å². The molecule has 1 N–H and O–H groups in total. The van der Waals surface area contributed by atoms with Crippen LogP contribution in [0.2, 0.25) is 0 Å². The molecule has 3 heterocycles. The third-order valence-electron chi connectivity index (χ3n) is 6.07. The average Bonchev–Trinajstić information content (AvgIpc) is 3.38. The molecule has 2 aromatic carbocycles. The molecule has 1 atom stereocenters. The van der Waals surface area contributed by atoms with E-state index in [4.69, 9.17) is 0 Å². The third-order valence-corrected chi connectivity index (χ3v) is 6.60. The maximum absolute atomic E-state index is 13.3. The van der Waals surface area contributed by atoms with Crippen LogP contribution in [0.5, 0.6) is 0 Å². The smallest absolute Gasteiger partial charge is 0.295 e. The Hall–Kier alpha value is -4.04. The molecule has 35 heavy (non-hydrogen) atoms. The number of Topliss-reactive ketones (excluding diaryl/α,β-unsaturated/α-hetero) is 1. The number of halogens is 1. The first-order valence-electron chi connectivity index (χ1n) is 11.0. The maximum atomic E-state index is 13.3. The molecule has 0 spiro atoms. The number of benzene rings is 2. The lowest BCUT2D eigenvalue weighted by Crippen LogP contribution is -2.29. The Balaban J connectivity index is 1.64. The van der Waals surface area contributed by atoms with Crippen molar-refractivity contribution in [2.45, 2.75) is 19.5 Å². The van der Waals surface area contributed by atoms with Gasteiger partial charge in [-0.3, -0.25) is 14.6 Å². The molecule has 0 radical (unpaired) electrons. The zero-order valence-corrected chi connectivity index (χ0v) is 20.4. The molecule has 8 heteroatoms. The summed E-state index contributed by atoms with van der Waals surface area (Å²) in [5, 5.41) is 15.8. The maximum Gasteiger partial charge on any atom is 0.295 e. The van der Waals surface area contributed by atoms with E-state index in [1.807, 2.05) is 67.6 Å². The molecule has 5 rings (SSSR count). The van der Waals surface area contributed by atoms with Crippen LogP contribution < -0.4 is 0 Å². The Bertz CT molecular complexity index is 1430. The van der Waals surface area contributed by atoms with E-state index in [0.717, 1.165) is 15.7 Å². The van der Waals surface area contributed by atoms with Crippen molar-refractivity contribution in [1.29, 1.82) is 0 Å². The van der Waals surface area contributed by atoms with E-state index < -0.39 is 17.7 Å². The number of aliphatic hydroxyl groups excluding tert-OH is 1. The first kappa shape index (κ1) is 22.7. The van der Waals surface area contributed by atoms with Gasteiger partial charge in [0.05, 0.1) is 34.8 Å². The van der Waals surface area contributed by atoms with Crippen LogP contribution in [0.3, 0.4) is 0 Å². The van der Waals surface area contributed by atoms with Crippen molar-refractivity contribution < 1.29 is 14.7 Å². The minimum atomic E-state index is -0.761. The molecular formula is C27H21BrN4O3. The number of likely N-dealkylation sites (tertiary alicyclic amines) is 1. The Kier molecular flexibility index (Phi) is 6.05. The van der Waals surface area contributed by atoms with Gasteiger partial charge in [-0.15, -0.1) is 0 Å². The number of ketones is 1. The van der Waals surface area contributed by atoms with Gasteiger partial charge in [0.2, 0.25) is 0 Å². The Morgan fingerprint density at radius 3 is 2.43 bits per heavy atom. The Labute approximate surface area is 210 Å². The normalized spacial score (nSPS) is 17.2. The van der Waals surface area contributed by atoms with Gasteiger partial charge in [0.25, 0.3) is 11.7 Å². The fourth-order valence-electron chi connectivity index (χ4n) is 4.34. The predicted molar refractivity (Wildman–Crippen MR) is 135 cm³/mol. The van der Waals surface area contributed by atoms with Crippen LogP contribution in [-0.4, -0.2) is 36.5 Å². The van der Waals surface area contributed by atoms with E-state index in [1.54, 1.807) is 23.1 Å². The van der Waals surface area contributed by atoms with Gasteiger partial charge >= 0.3 is 0 Å². The van der Waals surface area contributed by atoms with Gasteiger partial charge in [-0.1, -0.05) is 52.3 Å². The number of carbonyl (C=O) groups excluding carboxylic acids is 2. The fourth-order valence-corrected chi connectivity index (χ4v) is 4.60. The fraction of sp³-hybridized carbons (Fsp3) is 0.111. The van der Waals surface area contributed by atoms with Gasteiger partial charge in [0.15, 0.2) is 0 Å². The molecule has 1 fully saturated rings. The Morgan fingerprint density at radius 2 is 1.74 bits per heavy atom. The second-order valence-corrected chi connectivity index (χ2v) is 9.15. The highest BCUT2D eigenvalue weighted by molar-refractivity contribution is 9.10. The summed E-state index contributed by atoms with van der Waals surface area (Å²) in [6, 6.07) is 19.7. The zero-order valence-electron chi connectivity index (χ0n) is 18.8. The number of rotatable bonds is 5. The topological polar surface area (TPSA) is 88.3 Å². The summed E-state index contributed by atoms with van der Waals surface area (Å²) in [7, 11) is 0. The van der Waals surface area contributed by atoms with E-state index in [-0.39, 0.29) is 17.9 Å². The van der Waals surface area contributed by atoms with Gasteiger partial charge < -0.3 is 10.0 Å². The van der Waals surface area contributed by atoms with Crippen molar-refractivity contribution in [2.75, 3.05) is 0 Å². The zero-order chi connectivity index (χ0) is 24.5. The van der Waals surface area contributed by atoms with Crippen LogP contribution in [0.15, 0.2) is 95.4 Å². The molecule has 4 aromatic rings. The SMILES string of the molecule is Cc1c(/C(O)=C2\C(=O)C(=O)N(Cc3cccnc3)C2c2ccc(Br)cc2)cnn1-c1ccccc1. The van der Waals surface area contributed by atoms with Gasteiger partial charge in [0, 0.05) is 23.4 Å². The summed E-state index contributed by atoms with van der Waals surface area (Å²) in [4.78, 5) is 32.1. The van der Waals surface area contributed by atoms with E-state index in [1.165, 1.54) is 11.1 Å². The monoisotopic (exact) mass is 528 g/mol. The lowest BCUT2D eigenvalue weighted by atomic mass is 9.95. The van der Waals surface area contributed by atoms with Crippen molar-refractivity contribution in [3.63, 3.8) is 0 Å². The first-order chi connectivity index (χ1) is 17.0. The molecule has 2 aromatic heterocycles. The van der Waals surface area contributed by atoms with Crippen molar-refractivity contribution in [2.24, 2.45) is 0 Å². The van der Waals surface area contributed by atoms with Crippen molar-refractivity contribution >= 4 is 33.4 Å². The minimum absolute atomic E-state index is 0.0388. The minimum Gasteiger partial charge on any atom is -0.507 e. The molecule has 174 valence electrons. The van der Waals surface area contributed by atoms with E-state index in [2.05, 4.69) is 26.0 Å². The molecule has 0 aliphatic carbocycles. The van der Waals surface area contributed by atoms with E-state index in [9.17, 15) is 14.7 Å². The molecule has 0 bridgehead atoms. The second kappa shape index (κ2) is 9.31. The van der Waals surface area contributed by atoms with Crippen LogP contribution in [0, 0.1) is 6.92 Å². The number of hydrogen-bond donors (Lipinski definition) is 1. The number of amides is 1. The molecule has 7 nitrogen and oxygen atoms in total. The number of para-hydroxylation sites is 1. The molecule has 1 amide bonds. The molecule has 1 unspecified atom stereocenters. The molecule has 1 saturated heterocycles. The standard InChI is InChI=1S/C27H21BrN4O3/c1-17-22(15-30-32(17)21-7-3-2-4-8-21)25(33)23-24(19-9-11-20(28)12-10-19)31(27(35)26(23)34)16-18-6-5-13-29-14-18/h2-15,24,33H,16H2,1H3/b25-23+. The number of carbonyl (C=O) groups is 2. The summed E-state index contributed by atoms with van der Waals surface area (Å²) >= 11 is 3.43. The van der Waals surface area contributed by atoms with Crippen molar-refractivity contribution in [3.05, 3.63) is 118 Å². The highest BCUT2D eigenvalue weighted by Gasteiger charge is 2.46. The number of hydrogen-bond acceptors (Lipinski definition) is 5. The summed E-state index contributed by atoms with van der Waals surface area (Å²) in [6.07, 6.45) is 4.83. The average molecular weight is 529 g/mol. The van der Waals surface area contributed by atoms with E-state index in [0.29, 0.717) is 16.8 Å². The van der Waals surface area contributed by atoms with Crippen molar-refractivity contribution in [3.8, 4) is 5.69 Å². The lowest BCUT2D eigenvalue weighted by molar-refractivity contribution is -0.140. The molecule has 1 aliphatic rings. The summed E-state index contributed by atoms with van der Waals surface area (Å²) < 4.78 is 2.56. The molecule has 0 saturated carbocycles. The van der Waals surface area contributed by atoms with Crippen LogP contribution >= 0.6 is 15.9 Å². The largest absolute Gasteiger partial charge is 0.507 e. The quantitative estimate of drug-likeness (QED) is 0.224. The van der Waals surface area contributed by atoms with Crippen molar-refractivity contribution in [1.82, 2.24) is 19.7 Å². The van der Waals surface area contributed by atoms with Crippen LogP contribution in [0.1, 0.15) is 28.4 Å². The molecule has 1 aliphatic heterocycles. The van der Waals surface area contributed by atoms with Gasteiger partial charge in [-0.2, -0.15) is 5.10 Å². The number of aromatic nitrogens is 3. The lowest BCUT2D eigenvalue weighted by Gasteiger charge is -2.25. The summed E-state index contributed by atoms with van der Waals surface area (Å²) in [5.74, 6) is -1.65. The molecular weight excluding hydrogens is 508 g/mol. The highest BCUT2D eigenvalue weighted by atomic mass is 79.9. The van der Waals surface area contributed by atoms with Crippen LogP contribution in [0.4, 0.5) is 0 Å². The number of pyridine rings is 1. The Morgan fingerprint density at radius 1 is 1.00 bits per heavy atom. The number of nitrogens with zero attached hydrogens (tertiary/aromatic N) is 4. The van der Waals surface area contributed by atoms with Crippen LogP contribution in [0.25, 0.3) is 11.4 Å². The summed E-state index contributed by atoms with van der Waals surface area (Å²) in [5.41, 5.74) is 3.41. The highest BCUT2D eigenvalue weighted by Crippen LogP contribution is 2.41. The van der Waals surface area contributed by atoms with Gasteiger partial charge in [-0.05, 0) is 48.4 Å². The van der Waals surface area contributed by atoms with Crippen LogP contribution in [-0.2, 0) is 16.1 Å². The first-order valence-corrected chi connectivity index (χ1v) is 11.8.